The topological polar surface area (TPSA) is 46.5 Å². The highest BCUT2D eigenvalue weighted by atomic mass is 16.5. The van der Waals surface area contributed by atoms with Gasteiger partial charge >= 0.3 is 0 Å². The number of aliphatic hydroxyl groups is 1. The summed E-state index contributed by atoms with van der Waals surface area (Å²) in [6, 6.07) is 14.9. The average molecular weight is 270 g/mol. The van der Waals surface area contributed by atoms with Crippen molar-refractivity contribution in [2.24, 2.45) is 0 Å². The fraction of sp³-hybridized carbons (Fsp3) is 0.235. The molecule has 0 fully saturated rings. The highest BCUT2D eigenvalue weighted by Crippen LogP contribution is 2.18. The minimum Gasteiger partial charge on any atom is -0.485 e. The number of carbonyl (C=O) groups excluding carboxylic acids is 1. The number of ether oxygens (including phenoxy) is 1. The Bertz CT molecular complexity index is 590. The molecule has 2 rings (SSSR count). The summed E-state index contributed by atoms with van der Waals surface area (Å²) in [4.78, 5) is 12.1. The smallest absolute Gasteiger partial charge is 0.200 e. The molecule has 0 bridgehead atoms. The first kappa shape index (κ1) is 14.3. The summed E-state index contributed by atoms with van der Waals surface area (Å²) < 4.78 is 5.59. The summed E-state index contributed by atoms with van der Waals surface area (Å²) in [7, 11) is 0. The van der Waals surface area contributed by atoms with Crippen LogP contribution in [-0.2, 0) is 6.42 Å². The molecule has 0 saturated carbocycles. The molecule has 20 heavy (non-hydrogen) atoms. The van der Waals surface area contributed by atoms with Crippen molar-refractivity contribution in [3.8, 4) is 5.75 Å². The zero-order valence-electron chi connectivity index (χ0n) is 11.5. The number of hydrogen-bond donors (Lipinski definition) is 1. The van der Waals surface area contributed by atoms with Crippen LogP contribution >= 0.6 is 0 Å². The molecule has 1 N–H and O–H groups in total. The first-order valence-corrected chi connectivity index (χ1v) is 6.62. The zero-order valence-corrected chi connectivity index (χ0v) is 11.5. The first-order valence-electron chi connectivity index (χ1n) is 6.62. The second kappa shape index (κ2) is 6.87. The normalized spacial score (nSPS) is 10.3. The van der Waals surface area contributed by atoms with E-state index in [-0.39, 0.29) is 19.0 Å². The van der Waals surface area contributed by atoms with Crippen LogP contribution in [0, 0.1) is 6.92 Å². The van der Waals surface area contributed by atoms with Crippen LogP contribution in [0.3, 0.4) is 0 Å². The molecule has 2 aromatic carbocycles. The number of carbonyl (C=O) groups is 1. The minimum atomic E-state index is -0.0486. The van der Waals surface area contributed by atoms with Crippen LogP contribution in [-0.4, -0.2) is 24.1 Å². The molecule has 2 aromatic rings. The van der Waals surface area contributed by atoms with Gasteiger partial charge in [-0.05, 0) is 31.0 Å². The second-order valence-electron chi connectivity index (χ2n) is 4.66. The van der Waals surface area contributed by atoms with E-state index in [0.717, 1.165) is 11.1 Å². The van der Waals surface area contributed by atoms with Crippen molar-refractivity contribution < 1.29 is 14.6 Å². The maximum Gasteiger partial charge on any atom is 0.200 e. The number of aliphatic hydroxyl groups excluding tert-OH is 1. The maximum absolute atomic E-state index is 12.1. The number of para-hydroxylation sites is 1. The van der Waals surface area contributed by atoms with Crippen LogP contribution in [0.2, 0.25) is 0 Å². The fourth-order valence-electron chi connectivity index (χ4n) is 2.02. The summed E-state index contributed by atoms with van der Waals surface area (Å²) in [5.74, 6) is 0.607. The number of aryl methyl sites for hydroxylation is 1. The van der Waals surface area contributed by atoms with E-state index >= 15 is 0 Å². The number of Topliss-reactive ketones (excluding diaryl/α,β-unsaturated/α-hetero) is 1. The van der Waals surface area contributed by atoms with E-state index in [9.17, 15) is 4.79 Å². The van der Waals surface area contributed by atoms with Gasteiger partial charge in [0.25, 0.3) is 0 Å². The van der Waals surface area contributed by atoms with Gasteiger partial charge in [-0.15, -0.1) is 0 Å². The molecule has 0 radical (unpaired) electrons. The van der Waals surface area contributed by atoms with Gasteiger partial charge in [-0.2, -0.15) is 0 Å². The fourth-order valence-corrected chi connectivity index (χ4v) is 2.02. The standard InChI is InChI=1S/C17H18O3/c1-13-5-4-7-15(11-13)16(19)12-20-17-8-3-2-6-14(17)9-10-18/h2-8,11,18H,9-10,12H2,1H3. The molecule has 0 atom stereocenters. The number of rotatable bonds is 6. The maximum atomic E-state index is 12.1. The second-order valence-corrected chi connectivity index (χ2v) is 4.66. The molecule has 0 unspecified atom stereocenters. The highest BCUT2D eigenvalue weighted by Gasteiger charge is 2.08. The van der Waals surface area contributed by atoms with Crippen molar-refractivity contribution in [3.63, 3.8) is 0 Å². The van der Waals surface area contributed by atoms with Gasteiger partial charge in [0.05, 0.1) is 0 Å². The van der Waals surface area contributed by atoms with Gasteiger partial charge in [-0.25, -0.2) is 0 Å². The molecule has 3 heteroatoms. The largest absolute Gasteiger partial charge is 0.485 e. The van der Waals surface area contributed by atoms with Gasteiger partial charge in [0.15, 0.2) is 12.4 Å². The number of hydrogen-bond acceptors (Lipinski definition) is 3. The Kier molecular flexibility index (Phi) is 4.91. The Morgan fingerprint density at radius 2 is 1.95 bits per heavy atom. The van der Waals surface area contributed by atoms with Crippen molar-refractivity contribution in [3.05, 3.63) is 65.2 Å². The van der Waals surface area contributed by atoms with Crippen molar-refractivity contribution in [2.75, 3.05) is 13.2 Å². The van der Waals surface area contributed by atoms with E-state index in [1.54, 1.807) is 6.07 Å². The molecule has 0 aromatic heterocycles. The van der Waals surface area contributed by atoms with E-state index in [2.05, 4.69) is 0 Å². The molecule has 3 nitrogen and oxygen atoms in total. The Hall–Kier alpha value is -2.13. The summed E-state index contributed by atoms with van der Waals surface area (Å²) in [6.45, 7) is 2.02. The quantitative estimate of drug-likeness (QED) is 0.821. The SMILES string of the molecule is Cc1cccc(C(=O)COc2ccccc2CCO)c1. The van der Waals surface area contributed by atoms with Crippen molar-refractivity contribution in [2.45, 2.75) is 13.3 Å². The lowest BCUT2D eigenvalue weighted by Crippen LogP contribution is -2.12. The third-order valence-electron chi connectivity index (χ3n) is 3.05. The van der Waals surface area contributed by atoms with Crippen LogP contribution in [0.15, 0.2) is 48.5 Å². The van der Waals surface area contributed by atoms with Gasteiger partial charge < -0.3 is 9.84 Å². The third kappa shape index (κ3) is 3.68. The Labute approximate surface area is 118 Å². The molecule has 0 heterocycles. The minimum absolute atomic E-state index is 0.00585. The number of benzene rings is 2. The summed E-state index contributed by atoms with van der Waals surface area (Å²) >= 11 is 0. The number of ketones is 1. The summed E-state index contributed by atoms with van der Waals surface area (Å²) in [6.07, 6.45) is 0.523. The van der Waals surface area contributed by atoms with Gasteiger partial charge in [-0.1, -0.05) is 42.0 Å². The third-order valence-corrected chi connectivity index (χ3v) is 3.05. The van der Waals surface area contributed by atoms with E-state index in [0.29, 0.717) is 17.7 Å². The molecule has 0 spiro atoms. The van der Waals surface area contributed by atoms with Crippen LogP contribution in [0.5, 0.6) is 5.75 Å². The highest BCUT2D eigenvalue weighted by molar-refractivity contribution is 5.97. The molecule has 0 saturated heterocycles. The van der Waals surface area contributed by atoms with Gasteiger partial charge in [-0.3, -0.25) is 4.79 Å². The average Bonchev–Trinajstić information content (AvgIpc) is 2.46. The van der Waals surface area contributed by atoms with E-state index in [4.69, 9.17) is 9.84 Å². The van der Waals surface area contributed by atoms with Crippen LogP contribution < -0.4 is 4.74 Å². The zero-order chi connectivity index (χ0) is 14.4. The Morgan fingerprint density at radius 1 is 1.15 bits per heavy atom. The van der Waals surface area contributed by atoms with Gasteiger partial charge in [0.1, 0.15) is 5.75 Å². The summed E-state index contributed by atoms with van der Waals surface area (Å²) in [5.41, 5.74) is 2.62. The lowest BCUT2D eigenvalue weighted by Gasteiger charge is -2.10. The van der Waals surface area contributed by atoms with Crippen LogP contribution in [0.1, 0.15) is 21.5 Å². The monoisotopic (exact) mass is 270 g/mol. The molecule has 0 aliphatic carbocycles. The van der Waals surface area contributed by atoms with Crippen molar-refractivity contribution >= 4 is 5.78 Å². The molecular formula is C17H18O3. The molecule has 0 aliphatic rings. The molecule has 104 valence electrons. The van der Waals surface area contributed by atoms with Crippen LogP contribution in [0.4, 0.5) is 0 Å². The van der Waals surface area contributed by atoms with Crippen molar-refractivity contribution in [1.29, 1.82) is 0 Å². The van der Waals surface area contributed by atoms with Crippen LogP contribution in [0.25, 0.3) is 0 Å². The lowest BCUT2D eigenvalue weighted by atomic mass is 10.1. The van der Waals surface area contributed by atoms with Gasteiger partial charge in [0, 0.05) is 12.2 Å². The predicted molar refractivity (Wildman–Crippen MR) is 78.2 cm³/mol. The van der Waals surface area contributed by atoms with E-state index in [1.165, 1.54) is 0 Å². The Morgan fingerprint density at radius 3 is 2.70 bits per heavy atom. The molecule has 0 aliphatic heterocycles. The van der Waals surface area contributed by atoms with Gasteiger partial charge in [0.2, 0.25) is 0 Å². The predicted octanol–water partition coefficient (Wildman–Crippen LogP) is 2.79. The van der Waals surface area contributed by atoms with E-state index in [1.807, 2.05) is 49.4 Å². The molecular weight excluding hydrogens is 252 g/mol. The van der Waals surface area contributed by atoms with E-state index < -0.39 is 0 Å². The van der Waals surface area contributed by atoms with Crippen molar-refractivity contribution in [1.82, 2.24) is 0 Å². The first-order chi connectivity index (χ1) is 9.70. The Balaban J connectivity index is 2.03. The summed E-state index contributed by atoms with van der Waals surface area (Å²) in [5, 5.41) is 9.01. The molecule has 0 amide bonds. The lowest BCUT2D eigenvalue weighted by molar-refractivity contribution is 0.0920.